The van der Waals surface area contributed by atoms with E-state index in [1.807, 2.05) is 19.1 Å². The second-order valence-electron chi connectivity index (χ2n) is 3.31. The molecule has 14 heavy (non-hydrogen) atoms. The molecule has 2 nitrogen and oxygen atoms in total. The first kappa shape index (κ1) is 11.0. The van der Waals surface area contributed by atoms with Crippen molar-refractivity contribution in [3.05, 3.63) is 29.6 Å². The second kappa shape index (κ2) is 5.00. The van der Waals surface area contributed by atoms with Crippen LogP contribution < -0.4 is 5.32 Å². The molecular formula is C10H14F2N2. The zero-order chi connectivity index (χ0) is 10.6. The lowest BCUT2D eigenvalue weighted by atomic mass is 10.2. The van der Waals surface area contributed by atoms with Crippen molar-refractivity contribution in [1.82, 2.24) is 10.3 Å². The van der Waals surface area contributed by atoms with Crippen molar-refractivity contribution in [2.75, 3.05) is 0 Å². The summed E-state index contributed by atoms with van der Waals surface area (Å²) in [6.45, 7) is 3.78. The van der Waals surface area contributed by atoms with E-state index in [9.17, 15) is 8.78 Å². The van der Waals surface area contributed by atoms with Gasteiger partial charge >= 0.3 is 0 Å². The van der Waals surface area contributed by atoms with Crippen molar-refractivity contribution in [2.45, 2.75) is 32.9 Å². The summed E-state index contributed by atoms with van der Waals surface area (Å²) in [6.07, 6.45) is -0.631. The van der Waals surface area contributed by atoms with Gasteiger partial charge in [-0.25, -0.2) is 8.78 Å². The highest BCUT2D eigenvalue weighted by atomic mass is 19.3. The largest absolute Gasteiger partial charge is 0.305 e. The quantitative estimate of drug-likeness (QED) is 0.805. The Hall–Kier alpha value is -1.03. The van der Waals surface area contributed by atoms with Crippen molar-refractivity contribution in [3.63, 3.8) is 0 Å². The number of nitrogens with zero attached hydrogens (tertiary/aromatic N) is 1. The number of aryl methyl sites for hydroxylation is 1. The highest BCUT2D eigenvalue weighted by Crippen LogP contribution is 2.03. The van der Waals surface area contributed by atoms with Gasteiger partial charge in [0.1, 0.15) is 0 Å². The van der Waals surface area contributed by atoms with Gasteiger partial charge in [0.05, 0.1) is 6.04 Å². The summed E-state index contributed by atoms with van der Waals surface area (Å²) >= 11 is 0. The lowest BCUT2D eigenvalue weighted by molar-refractivity contribution is 0.105. The monoisotopic (exact) mass is 200 g/mol. The predicted octanol–water partition coefficient (Wildman–Crippen LogP) is 2.13. The fraction of sp³-hybridized carbons (Fsp3) is 0.500. The maximum atomic E-state index is 12.1. The lowest BCUT2D eigenvalue weighted by Crippen LogP contribution is -2.31. The van der Waals surface area contributed by atoms with E-state index in [1.165, 1.54) is 6.92 Å². The van der Waals surface area contributed by atoms with Gasteiger partial charge < -0.3 is 5.32 Å². The fourth-order valence-corrected chi connectivity index (χ4v) is 0.971. The van der Waals surface area contributed by atoms with Crippen LogP contribution in [0.4, 0.5) is 8.78 Å². The number of hydrogen-bond acceptors (Lipinski definition) is 2. The number of hydrogen-bond donors (Lipinski definition) is 1. The molecule has 0 saturated carbocycles. The van der Waals surface area contributed by atoms with Crippen LogP contribution in [0, 0.1) is 6.92 Å². The van der Waals surface area contributed by atoms with E-state index in [0.29, 0.717) is 6.54 Å². The Labute approximate surface area is 82.4 Å². The van der Waals surface area contributed by atoms with E-state index in [4.69, 9.17) is 0 Å². The first-order chi connectivity index (χ1) is 6.59. The molecule has 0 aliphatic rings. The molecule has 0 saturated heterocycles. The Morgan fingerprint density at radius 3 is 2.64 bits per heavy atom. The summed E-state index contributed by atoms with van der Waals surface area (Å²) in [4.78, 5) is 4.07. The van der Waals surface area contributed by atoms with Gasteiger partial charge in [-0.05, 0) is 25.5 Å². The Kier molecular flexibility index (Phi) is 3.95. The summed E-state index contributed by atoms with van der Waals surface area (Å²) in [7, 11) is 0. The van der Waals surface area contributed by atoms with Crippen molar-refractivity contribution >= 4 is 0 Å². The van der Waals surface area contributed by atoms with Crippen LogP contribution >= 0.6 is 0 Å². The molecule has 0 spiro atoms. The van der Waals surface area contributed by atoms with Crippen LogP contribution in [0.3, 0.4) is 0 Å². The Morgan fingerprint density at radius 1 is 1.43 bits per heavy atom. The number of aromatic nitrogens is 1. The highest BCUT2D eigenvalue weighted by Gasteiger charge is 2.12. The summed E-state index contributed by atoms with van der Waals surface area (Å²) in [5, 5.41) is 2.73. The Bertz CT molecular complexity index is 272. The van der Waals surface area contributed by atoms with Crippen LogP contribution in [0.15, 0.2) is 18.3 Å². The number of rotatable bonds is 4. The van der Waals surface area contributed by atoms with Crippen molar-refractivity contribution in [3.8, 4) is 0 Å². The summed E-state index contributed by atoms with van der Waals surface area (Å²) in [5.41, 5.74) is 1.85. The molecule has 0 amide bonds. The fourth-order valence-electron chi connectivity index (χ4n) is 0.971. The van der Waals surface area contributed by atoms with Gasteiger partial charge in [-0.3, -0.25) is 4.98 Å². The molecule has 0 aliphatic heterocycles. The number of halogens is 2. The standard InChI is InChI=1S/C10H14F2N2/c1-7-3-4-9(5-13-7)6-14-8(2)10(11)12/h3-5,8,10,14H,6H2,1-2H3. The van der Waals surface area contributed by atoms with Crippen LogP contribution in [-0.2, 0) is 6.54 Å². The number of pyridine rings is 1. The minimum atomic E-state index is -2.33. The molecule has 1 heterocycles. The summed E-state index contributed by atoms with van der Waals surface area (Å²) < 4.78 is 24.2. The maximum Gasteiger partial charge on any atom is 0.253 e. The van der Waals surface area contributed by atoms with E-state index in [0.717, 1.165) is 11.3 Å². The molecule has 0 radical (unpaired) electrons. The highest BCUT2D eigenvalue weighted by molar-refractivity contribution is 5.12. The smallest absolute Gasteiger partial charge is 0.253 e. The molecule has 0 fully saturated rings. The van der Waals surface area contributed by atoms with Crippen LogP contribution in [0.2, 0.25) is 0 Å². The zero-order valence-corrected chi connectivity index (χ0v) is 8.30. The minimum absolute atomic E-state index is 0.429. The summed E-state index contributed by atoms with van der Waals surface area (Å²) in [6, 6.07) is 2.97. The molecule has 78 valence electrons. The topological polar surface area (TPSA) is 24.9 Å². The molecule has 1 N–H and O–H groups in total. The van der Waals surface area contributed by atoms with Gasteiger partial charge in [-0.1, -0.05) is 6.07 Å². The number of alkyl halides is 2. The van der Waals surface area contributed by atoms with E-state index in [-0.39, 0.29) is 0 Å². The molecule has 1 aromatic rings. The average Bonchev–Trinajstić information content (AvgIpc) is 2.16. The normalized spacial score (nSPS) is 13.2. The third-order valence-electron chi connectivity index (χ3n) is 1.98. The Balaban J connectivity index is 2.42. The molecule has 0 aliphatic carbocycles. The van der Waals surface area contributed by atoms with Crippen molar-refractivity contribution < 1.29 is 8.78 Å². The molecule has 0 aromatic carbocycles. The van der Waals surface area contributed by atoms with Crippen LogP contribution in [0.25, 0.3) is 0 Å². The molecule has 4 heteroatoms. The van der Waals surface area contributed by atoms with Gasteiger partial charge in [0, 0.05) is 18.4 Å². The second-order valence-corrected chi connectivity index (χ2v) is 3.31. The maximum absolute atomic E-state index is 12.1. The van der Waals surface area contributed by atoms with Gasteiger partial charge in [0.15, 0.2) is 0 Å². The first-order valence-corrected chi connectivity index (χ1v) is 4.52. The van der Waals surface area contributed by atoms with Gasteiger partial charge in [-0.15, -0.1) is 0 Å². The predicted molar refractivity (Wildman–Crippen MR) is 51.3 cm³/mol. The molecule has 1 unspecified atom stereocenters. The average molecular weight is 200 g/mol. The molecule has 0 bridgehead atoms. The minimum Gasteiger partial charge on any atom is -0.305 e. The van der Waals surface area contributed by atoms with Crippen LogP contribution in [0.1, 0.15) is 18.2 Å². The number of nitrogens with one attached hydrogen (secondary N) is 1. The zero-order valence-electron chi connectivity index (χ0n) is 8.30. The van der Waals surface area contributed by atoms with E-state index < -0.39 is 12.5 Å². The molecular weight excluding hydrogens is 186 g/mol. The van der Waals surface area contributed by atoms with Crippen molar-refractivity contribution in [1.29, 1.82) is 0 Å². The van der Waals surface area contributed by atoms with Gasteiger partial charge in [-0.2, -0.15) is 0 Å². The van der Waals surface area contributed by atoms with Crippen LogP contribution in [-0.4, -0.2) is 17.5 Å². The third-order valence-corrected chi connectivity index (χ3v) is 1.98. The first-order valence-electron chi connectivity index (χ1n) is 4.52. The van der Waals surface area contributed by atoms with E-state index in [2.05, 4.69) is 10.3 Å². The van der Waals surface area contributed by atoms with Crippen LogP contribution in [0.5, 0.6) is 0 Å². The SMILES string of the molecule is Cc1ccc(CNC(C)C(F)F)cn1. The van der Waals surface area contributed by atoms with E-state index >= 15 is 0 Å². The molecule has 1 atom stereocenters. The molecule has 1 rings (SSSR count). The Morgan fingerprint density at radius 2 is 2.14 bits per heavy atom. The summed E-state index contributed by atoms with van der Waals surface area (Å²) in [5.74, 6) is 0. The van der Waals surface area contributed by atoms with E-state index in [1.54, 1.807) is 6.20 Å². The lowest BCUT2D eigenvalue weighted by Gasteiger charge is -2.12. The van der Waals surface area contributed by atoms with Gasteiger partial charge in [0.25, 0.3) is 6.43 Å². The van der Waals surface area contributed by atoms with Crippen molar-refractivity contribution in [2.24, 2.45) is 0 Å². The third kappa shape index (κ3) is 3.38. The van der Waals surface area contributed by atoms with Gasteiger partial charge in [0.2, 0.25) is 0 Å². The molecule has 1 aromatic heterocycles.